The largest absolute Gasteiger partial charge is 0.336 e. The number of halogens is 1. The summed E-state index contributed by atoms with van der Waals surface area (Å²) < 4.78 is 60.7. The highest BCUT2D eigenvalue weighted by Gasteiger charge is 2.32. The van der Waals surface area contributed by atoms with Crippen LogP contribution in [0.25, 0.3) is 0 Å². The van der Waals surface area contributed by atoms with Crippen molar-refractivity contribution in [2.24, 2.45) is 0 Å². The highest BCUT2D eigenvalue weighted by molar-refractivity contribution is 7.93. The molecule has 0 radical (unpaired) electrons. The first-order chi connectivity index (χ1) is 16.1. The topological polar surface area (TPSA) is 139 Å². The molecule has 190 valence electrons. The second-order valence-electron chi connectivity index (χ2n) is 8.15. The number of hydrogen-bond acceptors (Lipinski definition) is 8. The van der Waals surface area contributed by atoms with Crippen LogP contribution in [-0.4, -0.2) is 46.3 Å². The molecule has 0 saturated heterocycles. The van der Waals surface area contributed by atoms with E-state index in [1.165, 1.54) is 20.2 Å². The Morgan fingerprint density at radius 1 is 1.09 bits per heavy atom. The van der Waals surface area contributed by atoms with Gasteiger partial charge in [0.05, 0.1) is 5.69 Å². The molecule has 1 aromatic carbocycles. The molecule has 35 heavy (non-hydrogen) atoms. The van der Waals surface area contributed by atoms with Crippen LogP contribution in [0, 0.1) is 34.6 Å². The van der Waals surface area contributed by atoms with E-state index in [0.717, 1.165) is 15.6 Å². The van der Waals surface area contributed by atoms with E-state index >= 15 is 0 Å². The van der Waals surface area contributed by atoms with E-state index in [2.05, 4.69) is 15.2 Å². The molecule has 2 N–H and O–H groups in total. The molecule has 0 aliphatic carbocycles. The van der Waals surface area contributed by atoms with Crippen LogP contribution in [-0.2, 0) is 20.0 Å². The molecule has 0 atom stereocenters. The SMILES string of the molecule is Cc1cc(C)c(NC(=O)c2sc(C)c(C)c2S(=O)(=O)Nc2onc(C)c2Cl)c(S(=O)(=O)N(C)C)c1. The number of sulfonamides is 2. The average Bonchev–Trinajstić information content (AvgIpc) is 3.22. The monoisotopic (exact) mass is 560 g/mol. The van der Waals surface area contributed by atoms with E-state index in [1.54, 1.807) is 40.7 Å². The minimum absolute atomic E-state index is 0.00186. The lowest BCUT2D eigenvalue weighted by atomic mass is 10.1. The summed E-state index contributed by atoms with van der Waals surface area (Å²) in [6.45, 7) is 8.21. The smallest absolute Gasteiger partial charge is 0.267 e. The lowest BCUT2D eigenvalue weighted by Gasteiger charge is -2.18. The second kappa shape index (κ2) is 9.54. The summed E-state index contributed by atoms with van der Waals surface area (Å²) in [5.74, 6) is -1.04. The number of rotatable bonds is 7. The van der Waals surface area contributed by atoms with E-state index in [1.807, 2.05) is 0 Å². The Morgan fingerprint density at radius 3 is 2.26 bits per heavy atom. The average molecular weight is 561 g/mol. The van der Waals surface area contributed by atoms with Crippen LogP contribution in [0.5, 0.6) is 0 Å². The third kappa shape index (κ3) is 5.09. The van der Waals surface area contributed by atoms with Gasteiger partial charge in [-0.25, -0.2) is 25.9 Å². The number of nitrogens with zero attached hydrogens (tertiary/aromatic N) is 2. The number of nitrogens with one attached hydrogen (secondary N) is 2. The Hall–Kier alpha value is -2.45. The fourth-order valence-electron chi connectivity index (χ4n) is 3.33. The van der Waals surface area contributed by atoms with Crippen molar-refractivity contribution in [3.05, 3.63) is 49.3 Å². The molecule has 3 aromatic rings. The zero-order chi connectivity index (χ0) is 26.5. The molecule has 0 unspecified atom stereocenters. The minimum Gasteiger partial charge on any atom is -0.336 e. The van der Waals surface area contributed by atoms with Gasteiger partial charge in [0.1, 0.15) is 25.4 Å². The van der Waals surface area contributed by atoms with E-state index in [0.29, 0.717) is 27.3 Å². The Morgan fingerprint density at radius 2 is 1.71 bits per heavy atom. The summed E-state index contributed by atoms with van der Waals surface area (Å²) in [5.41, 5.74) is 1.93. The molecule has 2 aromatic heterocycles. The maximum Gasteiger partial charge on any atom is 0.267 e. The Bertz CT molecular complexity index is 1540. The third-order valence-corrected chi connectivity index (χ3v) is 10.4. The van der Waals surface area contributed by atoms with E-state index in [-0.39, 0.29) is 31.3 Å². The first kappa shape index (κ1) is 27.1. The Balaban J connectivity index is 2.11. The fraction of sp³-hybridized carbons (Fsp3) is 0.333. The minimum atomic E-state index is -4.31. The maximum atomic E-state index is 13.4. The number of amides is 1. The Kier molecular flexibility index (Phi) is 7.40. The van der Waals surface area contributed by atoms with Crippen LogP contribution in [0.4, 0.5) is 11.6 Å². The van der Waals surface area contributed by atoms with Gasteiger partial charge in [-0.15, -0.1) is 11.3 Å². The van der Waals surface area contributed by atoms with Gasteiger partial charge in [-0.05, 0) is 57.4 Å². The van der Waals surface area contributed by atoms with E-state index in [9.17, 15) is 21.6 Å². The number of hydrogen-bond donors (Lipinski definition) is 2. The lowest BCUT2D eigenvalue weighted by molar-refractivity contribution is 0.102. The number of aryl methyl sites for hydroxylation is 4. The highest BCUT2D eigenvalue weighted by Crippen LogP contribution is 2.36. The van der Waals surface area contributed by atoms with Crippen LogP contribution in [0.1, 0.15) is 36.9 Å². The number of thiophene rings is 1. The molecular formula is C21H25ClN4O6S3. The van der Waals surface area contributed by atoms with Crippen molar-refractivity contribution in [2.75, 3.05) is 24.1 Å². The van der Waals surface area contributed by atoms with Crippen molar-refractivity contribution in [2.45, 2.75) is 44.4 Å². The predicted octanol–water partition coefficient (Wildman–Crippen LogP) is 4.24. The van der Waals surface area contributed by atoms with Gasteiger partial charge in [-0.3, -0.25) is 4.79 Å². The van der Waals surface area contributed by atoms with Crippen LogP contribution in [0.3, 0.4) is 0 Å². The molecule has 0 fully saturated rings. The molecule has 3 rings (SSSR count). The summed E-state index contributed by atoms with van der Waals surface area (Å²) in [7, 11) is -5.45. The quantitative estimate of drug-likeness (QED) is 0.440. The van der Waals surface area contributed by atoms with Gasteiger partial charge in [0.25, 0.3) is 21.8 Å². The van der Waals surface area contributed by atoms with Crippen LogP contribution in [0.2, 0.25) is 5.02 Å². The summed E-state index contributed by atoms with van der Waals surface area (Å²) in [5, 5.41) is 6.25. The molecule has 0 aliphatic rings. The van der Waals surface area contributed by atoms with Crippen molar-refractivity contribution < 1.29 is 26.2 Å². The first-order valence-electron chi connectivity index (χ1n) is 10.2. The summed E-state index contributed by atoms with van der Waals surface area (Å²) >= 11 is 7.03. The summed E-state index contributed by atoms with van der Waals surface area (Å²) in [6.07, 6.45) is 0. The van der Waals surface area contributed by atoms with E-state index < -0.39 is 26.0 Å². The normalized spacial score (nSPS) is 12.3. The van der Waals surface area contributed by atoms with E-state index in [4.69, 9.17) is 16.1 Å². The lowest BCUT2D eigenvalue weighted by Crippen LogP contribution is -2.25. The number of anilines is 2. The predicted molar refractivity (Wildman–Crippen MR) is 136 cm³/mol. The number of carbonyl (C=O) groups is 1. The number of aromatic nitrogens is 1. The molecule has 10 nitrogen and oxygen atoms in total. The molecule has 2 heterocycles. The summed E-state index contributed by atoms with van der Waals surface area (Å²) in [4.78, 5) is 13.5. The maximum absolute atomic E-state index is 13.4. The van der Waals surface area contributed by atoms with Gasteiger partial charge >= 0.3 is 0 Å². The van der Waals surface area contributed by atoms with Gasteiger partial charge in [0.2, 0.25) is 10.0 Å². The van der Waals surface area contributed by atoms with Crippen molar-refractivity contribution in [1.82, 2.24) is 9.46 Å². The fourth-order valence-corrected chi connectivity index (χ4v) is 7.55. The van der Waals surface area contributed by atoms with Crippen molar-refractivity contribution >= 4 is 60.5 Å². The standard InChI is InChI=1S/C21H25ClN4O6S3/c1-10-8-11(2)17(15(9-10)35(30,31)26(6)7)23-20(27)18-19(12(3)14(5)33-18)34(28,29)25-21-16(22)13(4)24-32-21/h8-9,25H,1-7H3,(H,23,27). The van der Waals surface area contributed by atoms with Crippen LogP contribution in [0.15, 0.2) is 26.4 Å². The Labute approximate surface area is 213 Å². The molecule has 0 spiro atoms. The highest BCUT2D eigenvalue weighted by atomic mass is 35.5. The number of benzene rings is 1. The molecule has 0 saturated carbocycles. The zero-order valence-corrected chi connectivity index (χ0v) is 23.3. The molecule has 0 aliphatic heterocycles. The molecule has 0 bridgehead atoms. The van der Waals surface area contributed by atoms with Crippen LogP contribution < -0.4 is 10.0 Å². The van der Waals surface area contributed by atoms with Gasteiger partial charge in [0.15, 0.2) is 0 Å². The number of carbonyl (C=O) groups excluding carboxylic acids is 1. The van der Waals surface area contributed by atoms with Crippen LogP contribution >= 0.6 is 22.9 Å². The van der Waals surface area contributed by atoms with Crippen molar-refractivity contribution in [3.8, 4) is 0 Å². The van der Waals surface area contributed by atoms with Gasteiger partial charge in [-0.2, -0.15) is 0 Å². The first-order valence-corrected chi connectivity index (χ1v) is 14.3. The summed E-state index contributed by atoms with van der Waals surface area (Å²) in [6, 6.07) is 3.18. The van der Waals surface area contributed by atoms with Gasteiger partial charge in [-0.1, -0.05) is 22.8 Å². The zero-order valence-electron chi connectivity index (χ0n) is 20.1. The molecule has 1 amide bonds. The van der Waals surface area contributed by atoms with Crippen molar-refractivity contribution in [3.63, 3.8) is 0 Å². The second-order valence-corrected chi connectivity index (χ2v) is 13.5. The van der Waals surface area contributed by atoms with Gasteiger partial charge in [0, 0.05) is 19.0 Å². The van der Waals surface area contributed by atoms with Crippen molar-refractivity contribution in [1.29, 1.82) is 0 Å². The third-order valence-electron chi connectivity index (χ3n) is 5.26. The van der Waals surface area contributed by atoms with Gasteiger partial charge < -0.3 is 9.84 Å². The molecular weight excluding hydrogens is 536 g/mol. The molecule has 14 heteroatoms.